The van der Waals surface area contributed by atoms with Gasteiger partial charge in [-0.15, -0.1) is 20.4 Å². The summed E-state index contributed by atoms with van der Waals surface area (Å²) in [6.07, 6.45) is 0. The summed E-state index contributed by atoms with van der Waals surface area (Å²) in [6, 6.07) is 24.8. The van der Waals surface area contributed by atoms with Crippen LogP contribution >= 0.6 is 0 Å². The maximum absolute atomic E-state index is 4.56. The van der Waals surface area contributed by atoms with E-state index in [1.165, 1.54) is 11.1 Å². The highest BCUT2D eigenvalue weighted by Crippen LogP contribution is 2.30. The number of rotatable bonds is 2. The van der Waals surface area contributed by atoms with Crippen molar-refractivity contribution in [2.75, 3.05) is 0 Å². The molecule has 0 unspecified atom stereocenters. The molecule has 3 aromatic carbocycles. The maximum Gasteiger partial charge on any atom is 0.184 e. The Morgan fingerprint density at radius 2 is 0.900 bits per heavy atom. The first-order chi connectivity index (χ1) is 14.7. The number of aromatic nitrogens is 6. The minimum absolute atomic E-state index is 0.758. The van der Waals surface area contributed by atoms with Crippen LogP contribution in [0.15, 0.2) is 72.8 Å². The number of benzene rings is 3. The van der Waals surface area contributed by atoms with E-state index in [1.54, 1.807) is 0 Å². The molecule has 144 valence electrons. The summed E-state index contributed by atoms with van der Waals surface area (Å²) < 4.78 is 4.05. The fourth-order valence-electron chi connectivity index (χ4n) is 3.91. The number of fused-ring (bicyclic) bond motifs is 6. The van der Waals surface area contributed by atoms with E-state index in [4.69, 9.17) is 0 Å². The quantitative estimate of drug-likeness (QED) is 0.423. The van der Waals surface area contributed by atoms with E-state index >= 15 is 0 Å². The second kappa shape index (κ2) is 6.22. The summed E-state index contributed by atoms with van der Waals surface area (Å²) >= 11 is 0. The molecule has 0 amide bonds. The van der Waals surface area contributed by atoms with Gasteiger partial charge in [-0.1, -0.05) is 83.9 Å². The van der Waals surface area contributed by atoms with Crippen LogP contribution in [-0.4, -0.2) is 29.4 Å². The molecule has 3 heterocycles. The maximum atomic E-state index is 4.56. The predicted octanol–water partition coefficient (Wildman–Crippen LogP) is 4.88. The van der Waals surface area contributed by atoms with Crippen molar-refractivity contribution in [3.63, 3.8) is 0 Å². The standard InChI is InChI=1S/C24H18N6/c1-15-7-11-17(12-8-15)21-25-27-23-19-5-3-4-6-20(19)24-28-26-22(30(24)29(21)23)18-13-9-16(2)10-14-18/h3-14H,1-2H3. The lowest BCUT2D eigenvalue weighted by Gasteiger charge is -2.09. The fourth-order valence-corrected chi connectivity index (χ4v) is 3.91. The number of aryl methyl sites for hydroxylation is 2. The average Bonchev–Trinajstić information content (AvgIpc) is 3.40. The zero-order chi connectivity index (χ0) is 20.2. The molecule has 0 N–H and O–H groups in total. The van der Waals surface area contributed by atoms with Crippen molar-refractivity contribution in [3.8, 4) is 22.8 Å². The van der Waals surface area contributed by atoms with Gasteiger partial charge in [-0.05, 0) is 13.8 Å². The van der Waals surface area contributed by atoms with Crippen LogP contribution in [-0.2, 0) is 0 Å². The van der Waals surface area contributed by atoms with Gasteiger partial charge in [-0.25, -0.2) is 9.03 Å². The molecular weight excluding hydrogens is 372 g/mol. The molecule has 0 saturated carbocycles. The number of nitrogens with zero attached hydrogens (tertiary/aromatic N) is 6. The molecule has 6 heteroatoms. The Kier molecular flexibility index (Phi) is 3.49. The SMILES string of the molecule is Cc1ccc(-c2nnc3c4ccccc4c4nnc(-c5ccc(C)cc5)n4n23)cc1. The molecule has 0 aliphatic rings. The molecule has 0 aliphatic carbocycles. The lowest BCUT2D eigenvalue weighted by atomic mass is 10.1. The molecule has 0 radical (unpaired) electrons. The Balaban J connectivity index is 1.79. The van der Waals surface area contributed by atoms with Crippen LogP contribution in [0.2, 0.25) is 0 Å². The average molecular weight is 390 g/mol. The third kappa shape index (κ3) is 2.37. The lowest BCUT2D eigenvalue weighted by Crippen LogP contribution is -2.05. The monoisotopic (exact) mass is 390 g/mol. The smallest absolute Gasteiger partial charge is 0.184 e. The van der Waals surface area contributed by atoms with Crippen molar-refractivity contribution < 1.29 is 0 Å². The van der Waals surface area contributed by atoms with Gasteiger partial charge in [0.25, 0.3) is 0 Å². The molecule has 0 aliphatic heterocycles. The van der Waals surface area contributed by atoms with Gasteiger partial charge in [-0.2, -0.15) is 0 Å². The van der Waals surface area contributed by atoms with Crippen molar-refractivity contribution in [2.24, 2.45) is 0 Å². The van der Waals surface area contributed by atoms with E-state index in [0.29, 0.717) is 0 Å². The molecule has 0 spiro atoms. The molecule has 0 saturated heterocycles. The Morgan fingerprint density at radius 3 is 1.30 bits per heavy atom. The molecule has 6 rings (SSSR count). The van der Waals surface area contributed by atoms with E-state index in [1.807, 2.05) is 21.2 Å². The fraction of sp³-hybridized carbons (Fsp3) is 0.0833. The van der Waals surface area contributed by atoms with Gasteiger partial charge in [-0.3, -0.25) is 0 Å². The van der Waals surface area contributed by atoms with E-state index in [0.717, 1.165) is 44.8 Å². The largest absolute Gasteiger partial charge is 0.204 e. The topological polar surface area (TPSA) is 60.4 Å². The van der Waals surface area contributed by atoms with Crippen LogP contribution in [0.1, 0.15) is 11.1 Å². The number of hydrogen-bond donors (Lipinski definition) is 0. The van der Waals surface area contributed by atoms with Crippen LogP contribution in [0.25, 0.3) is 44.8 Å². The molecule has 6 aromatic rings. The highest BCUT2D eigenvalue weighted by Gasteiger charge is 2.20. The second-order valence-corrected chi connectivity index (χ2v) is 7.60. The summed E-state index contributed by atoms with van der Waals surface area (Å²) in [6.45, 7) is 4.15. The number of hydrogen-bond acceptors (Lipinski definition) is 4. The third-order valence-corrected chi connectivity index (χ3v) is 5.51. The Bertz CT molecular complexity index is 1420. The van der Waals surface area contributed by atoms with E-state index < -0.39 is 0 Å². The molecule has 30 heavy (non-hydrogen) atoms. The minimum Gasteiger partial charge on any atom is -0.204 e. The highest BCUT2D eigenvalue weighted by molar-refractivity contribution is 6.02. The van der Waals surface area contributed by atoms with Crippen LogP contribution in [0, 0.1) is 13.8 Å². The lowest BCUT2D eigenvalue weighted by molar-refractivity contribution is 0.864. The molecular formula is C24H18N6. The van der Waals surface area contributed by atoms with Gasteiger partial charge in [0.15, 0.2) is 22.9 Å². The highest BCUT2D eigenvalue weighted by atomic mass is 15.5. The van der Waals surface area contributed by atoms with E-state index in [2.05, 4.69) is 94.9 Å². The van der Waals surface area contributed by atoms with Crippen LogP contribution < -0.4 is 0 Å². The minimum atomic E-state index is 0.758. The van der Waals surface area contributed by atoms with Gasteiger partial charge in [0.1, 0.15) is 0 Å². The van der Waals surface area contributed by atoms with Crippen LogP contribution in [0.5, 0.6) is 0 Å². The van der Waals surface area contributed by atoms with E-state index in [9.17, 15) is 0 Å². The first kappa shape index (κ1) is 16.9. The molecule has 3 aromatic heterocycles. The first-order valence-corrected chi connectivity index (χ1v) is 9.86. The zero-order valence-corrected chi connectivity index (χ0v) is 16.6. The van der Waals surface area contributed by atoms with Crippen molar-refractivity contribution in [3.05, 3.63) is 83.9 Å². The summed E-state index contributed by atoms with van der Waals surface area (Å²) in [5, 5.41) is 20.2. The Morgan fingerprint density at radius 1 is 0.500 bits per heavy atom. The molecule has 0 bridgehead atoms. The van der Waals surface area contributed by atoms with Gasteiger partial charge >= 0.3 is 0 Å². The summed E-state index contributed by atoms with van der Waals surface area (Å²) in [4.78, 5) is 0. The summed E-state index contributed by atoms with van der Waals surface area (Å²) in [5.41, 5.74) is 5.95. The predicted molar refractivity (Wildman–Crippen MR) is 117 cm³/mol. The van der Waals surface area contributed by atoms with Crippen molar-refractivity contribution in [1.82, 2.24) is 29.4 Å². The van der Waals surface area contributed by atoms with Crippen molar-refractivity contribution >= 4 is 22.1 Å². The molecule has 0 atom stereocenters. The van der Waals surface area contributed by atoms with Gasteiger partial charge in [0.05, 0.1) is 0 Å². The second-order valence-electron chi connectivity index (χ2n) is 7.60. The van der Waals surface area contributed by atoms with Gasteiger partial charge < -0.3 is 0 Å². The van der Waals surface area contributed by atoms with Gasteiger partial charge in [0, 0.05) is 21.9 Å². The van der Waals surface area contributed by atoms with Gasteiger partial charge in [0.2, 0.25) is 0 Å². The Hall–Kier alpha value is -4.06. The third-order valence-electron chi connectivity index (χ3n) is 5.51. The zero-order valence-electron chi connectivity index (χ0n) is 16.6. The van der Waals surface area contributed by atoms with Crippen molar-refractivity contribution in [1.29, 1.82) is 0 Å². The first-order valence-electron chi connectivity index (χ1n) is 9.86. The van der Waals surface area contributed by atoms with Crippen LogP contribution in [0.3, 0.4) is 0 Å². The van der Waals surface area contributed by atoms with Crippen LogP contribution in [0.4, 0.5) is 0 Å². The summed E-state index contributed by atoms with van der Waals surface area (Å²) in [7, 11) is 0. The van der Waals surface area contributed by atoms with E-state index in [-0.39, 0.29) is 0 Å². The molecule has 0 fully saturated rings. The normalized spacial score (nSPS) is 11.7. The van der Waals surface area contributed by atoms with Crippen molar-refractivity contribution in [2.45, 2.75) is 13.8 Å². The summed E-state index contributed by atoms with van der Waals surface area (Å²) in [5.74, 6) is 1.52. The Labute approximate surface area is 172 Å². The molecule has 6 nitrogen and oxygen atoms in total.